The molecule has 24 heavy (non-hydrogen) atoms. The van der Waals surface area contributed by atoms with E-state index in [0.29, 0.717) is 24.0 Å². The fourth-order valence-corrected chi connectivity index (χ4v) is 3.47. The lowest BCUT2D eigenvalue weighted by Crippen LogP contribution is -2.44. The van der Waals surface area contributed by atoms with Crippen LogP contribution in [0.25, 0.3) is 0 Å². The largest absolute Gasteiger partial charge is 0.430 e. The molecule has 2 aliphatic rings. The molecule has 2 saturated heterocycles. The van der Waals surface area contributed by atoms with Gasteiger partial charge in [0, 0.05) is 25.9 Å². The van der Waals surface area contributed by atoms with E-state index in [2.05, 4.69) is 5.32 Å². The highest BCUT2D eigenvalue weighted by Crippen LogP contribution is 2.47. The number of benzene rings is 2. The van der Waals surface area contributed by atoms with Crippen LogP contribution in [0.5, 0.6) is 0 Å². The lowest BCUT2D eigenvalue weighted by atomic mass is 9.86. The lowest BCUT2D eigenvalue weighted by Gasteiger charge is -2.33. The number of piperidine rings is 1. The highest BCUT2D eigenvalue weighted by Gasteiger charge is 2.60. The van der Waals surface area contributed by atoms with Crippen LogP contribution in [0.4, 0.5) is 4.39 Å². The molecule has 2 aliphatic heterocycles. The Bertz CT molecular complexity index is 741. The van der Waals surface area contributed by atoms with E-state index in [1.54, 1.807) is 12.1 Å². The Balaban J connectivity index is 1.85. The molecule has 1 spiro atoms. The second-order valence-corrected chi connectivity index (χ2v) is 6.21. The summed E-state index contributed by atoms with van der Waals surface area (Å²) >= 11 is 0. The minimum absolute atomic E-state index is 0.357. The van der Waals surface area contributed by atoms with E-state index in [-0.39, 0.29) is 5.82 Å². The topological polar surface area (TPSA) is 47.6 Å². The Morgan fingerprint density at radius 1 is 0.917 bits per heavy atom. The molecule has 124 valence electrons. The molecule has 0 bridgehead atoms. The van der Waals surface area contributed by atoms with E-state index < -0.39 is 17.4 Å². The van der Waals surface area contributed by atoms with Gasteiger partial charge in [-0.3, -0.25) is 0 Å². The van der Waals surface area contributed by atoms with Crippen molar-refractivity contribution in [3.05, 3.63) is 71.5 Å². The van der Waals surface area contributed by atoms with Crippen LogP contribution in [0.2, 0.25) is 0 Å². The van der Waals surface area contributed by atoms with Crippen LogP contribution in [0.3, 0.4) is 0 Å². The number of carbonyl (C=O) groups is 1. The Morgan fingerprint density at radius 3 is 2.21 bits per heavy atom. The molecule has 0 radical (unpaired) electrons. The van der Waals surface area contributed by atoms with Gasteiger partial charge < -0.3 is 14.8 Å². The van der Waals surface area contributed by atoms with Gasteiger partial charge in [-0.25, -0.2) is 9.18 Å². The van der Waals surface area contributed by atoms with Crippen molar-refractivity contribution in [2.45, 2.75) is 24.2 Å². The standard InChI is InChI=1S/C19H18FNO3/c20-16-8-6-15(7-9-16)19(14-4-2-1-3-5-14)17(22)23-18(24-19)10-12-21-13-11-18/h1-9,21H,10-13H2. The SMILES string of the molecule is O=C1OC2(CCNCC2)OC1(c1ccccc1)c1ccc(F)cc1. The summed E-state index contributed by atoms with van der Waals surface area (Å²) in [5.41, 5.74) is -0.0840. The number of hydrogen-bond donors (Lipinski definition) is 1. The molecular formula is C19H18FNO3. The second kappa shape index (κ2) is 5.69. The van der Waals surface area contributed by atoms with Gasteiger partial charge in [0.1, 0.15) is 5.82 Å². The van der Waals surface area contributed by atoms with Crippen molar-refractivity contribution in [2.24, 2.45) is 0 Å². The fourth-order valence-electron chi connectivity index (χ4n) is 3.47. The van der Waals surface area contributed by atoms with Gasteiger partial charge in [0.25, 0.3) is 0 Å². The van der Waals surface area contributed by atoms with Crippen molar-refractivity contribution in [1.29, 1.82) is 0 Å². The van der Waals surface area contributed by atoms with E-state index in [9.17, 15) is 9.18 Å². The molecule has 2 aromatic rings. The summed E-state index contributed by atoms with van der Waals surface area (Å²) in [4.78, 5) is 13.0. The summed E-state index contributed by atoms with van der Waals surface area (Å²) in [6.45, 7) is 1.45. The third-order valence-corrected chi connectivity index (χ3v) is 4.70. The molecule has 5 heteroatoms. The third-order valence-electron chi connectivity index (χ3n) is 4.70. The van der Waals surface area contributed by atoms with Gasteiger partial charge in [0.15, 0.2) is 0 Å². The monoisotopic (exact) mass is 327 g/mol. The smallest absolute Gasteiger partial charge is 0.350 e. The van der Waals surface area contributed by atoms with Crippen LogP contribution in [0.1, 0.15) is 24.0 Å². The Labute approximate surface area is 139 Å². The maximum absolute atomic E-state index is 13.4. The number of hydrogen-bond acceptors (Lipinski definition) is 4. The number of halogens is 1. The van der Waals surface area contributed by atoms with Gasteiger partial charge in [-0.15, -0.1) is 0 Å². The van der Waals surface area contributed by atoms with Gasteiger partial charge >= 0.3 is 5.97 Å². The van der Waals surface area contributed by atoms with Crippen LogP contribution in [0.15, 0.2) is 54.6 Å². The third kappa shape index (κ3) is 2.32. The predicted molar refractivity (Wildman–Crippen MR) is 85.6 cm³/mol. The molecule has 0 aromatic heterocycles. The van der Waals surface area contributed by atoms with Crippen molar-refractivity contribution in [3.63, 3.8) is 0 Å². The summed E-state index contributed by atoms with van der Waals surface area (Å²) < 4.78 is 25.5. The Hall–Kier alpha value is -2.24. The fraction of sp³-hybridized carbons (Fsp3) is 0.316. The van der Waals surface area contributed by atoms with Gasteiger partial charge in [0.05, 0.1) is 0 Å². The van der Waals surface area contributed by atoms with E-state index >= 15 is 0 Å². The quantitative estimate of drug-likeness (QED) is 0.862. The molecule has 1 unspecified atom stereocenters. The molecule has 0 amide bonds. The molecule has 4 rings (SSSR count). The van der Waals surface area contributed by atoms with Crippen molar-refractivity contribution in [1.82, 2.24) is 5.32 Å². The highest BCUT2D eigenvalue weighted by molar-refractivity contribution is 5.87. The normalized spacial score (nSPS) is 25.6. The maximum atomic E-state index is 13.4. The zero-order valence-corrected chi connectivity index (χ0v) is 13.1. The van der Waals surface area contributed by atoms with Crippen molar-refractivity contribution >= 4 is 5.97 Å². The van der Waals surface area contributed by atoms with Crippen LogP contribution >= 0.6 is 0 Å². The highest BCUT2D eigenvalue weighted by atomic mass is 19.1. The predicted octanol–water partition coefficient (Wildman–Crippen LogP) is 2.72. The zero-order valence-electron chi connectivity index (χ0n) is 13.1. The van der Waals surface area contributed by atoms with E-state index in [1.807, 2.05) is 30.3 Å². The summed E-state index contributed by atoms with van der Waals surface area (Å²) in [7, 11) is 0. The molecule has 0 saturated carbocycles. The minimum atomic E-state index is -1.35. The first-order valence-corrected chi connectivity index (χ1v) is 8.11. The van der Waals surface area contributed by atoms with Crippen molar-refractivity contribution in [2.75, 3.05) is 13.1 Å². The van der Waals surface area contributed by atoms with Gasteiger partial charge in [-0.05, 0) is 23.3 Å². The van der Waals surface area contributed by atoms with Gasteiger partial charge in [-0.1, -0.05) is 42.5 Å². The Kier molecular flexibility index (Phi) is 3.62. The molecule has 2 heterocycles. The summed E-state index contributed by atoms with van der Waals surface area (Å²) in [5.74, 6) is -1.72. The van der Waals surface area contributed by atoms with Crippen LogP contribution in [0, 0.1) is 5.82 Å². The first kappa shape index (κ1) is 15.3. The summed E-state index contributed by atoms with van der Waals surface area (Å²) in [6.07, 6.45) is 1.18. The average molecular weight is 327 g/mol. The molecule has 1 atom stereocenters. The van der Waals surface area contributed by atoms with Crippen LogP contribution in [-0.4, -0.2) is 24.8 Å². The number of ether oxygens (including phenoxy) is 2. The zero-order chi connectivity index (χ0) is 16.6. The molecule has 0 aliphatic carbocycles. The van der Waals surface area contributed by atoms with E-state index in [1.165, 1.54) is 12.1 Å². The Morgan fingerprint density at radius 2 is 1.54 bits per heavy atom. The van der Waals surface area contributed by atoms with Gasteiger partial charge in [0.2, 0.25) is 11.4 Å². The van der Waals surface area contributed by atoms with Crippen LogP contribution in [-0.2, 0) is 19.9 Å². The minimum Gasteiger partial charge on any atom is -0.430 e. The lowest BCUT2D eigenvalue weighted by molar-refractivity contribution is -0.198. The number of carbonyl (C=O) groups excluding carboxylic acids is 1. The average Bonchev–Trinajstić information content (AvgIpc) is 2.90. The molecule has 2 aromatic carbocycles. The first-order chi connectivity index (χ1) is 11.6. The first-order valence-electron chi connectivity index (χ1n) is 8.11. The van der Waals surface area contributed by atoms with Gasteiger partial charge in [-0.2, -0.15) is 0 Å². The summed E-state index contributed by atoms with van der Waals surface area (Å²) in [6, 6.07) is 15.1. The maximum Gasteiger partial charge on any atom is 0.350 e. The van der Waals surface area contributed by atoms with E-state index in [0.717, 1.165) is 13.1 Å². The second-order valence-electron chi connectivity index (χ2n) is 6.21. The molecular weight excluding hydrogens is 309 g/mol. The number of esters is 1. The van der Waals surface area contributed by atoms with Crippen molar-refractivity contribution < 1.29 is 18.7 Å². The van der Waals surface area contributed by atoms with Crippen molar-refractivity contribution in [3.8, 4) is 0 Å². The van der Waals surface area contributed by atoms with Crippen LogP contribution < -0.4 is 5.32 Å². The molecule has 4 nitrogen and oxygen atoms in total. The summed E-state index contributed by atoms with van der Waals surface area (Å²) in [5, 5.41) is 3.24. The molecule has 2 fully saturated rings. The van der Waals surface area contributed by atoms with E-state index in [4.69, 9.17) is 9.47 Å². The molecule has 1 N–H and O–H groups in total. The number of nitrogens with one attached hydrogen (secondary N) is 1. The number of rotatable bonds is 2.